The van der Waals surface area contributed by atoms with E-state index in [0.29, 0.717) is 19.4 Å². The van der Waals surface area contributed by atoms with Gasteiger partial charge in [-0.05, 0) is 19.3 Å². The summed E-state index contributed by atoms with van der Waals surface area (Å²) in [5, 5.41) is 14.7. The van der Waals surface area contributed by atoms with Crippen molar-refractivity contribution in [1.29, 1.82) is 0 Å². The van der Waals surface area contributed by atoms with Gasteiger partial charge in [-0.2, -0.15) is 0 Å². The van der Waals surface area contributed by atoms with Crippen LogP contribution in [0.4, 0.5) is 0 Å². The molecule has 1 amide bonds. The Morgan fingerprint density at radius 1 is 1.41 bits per heavy atom. The van der Waals surface area contributed by atoms with Crippen molar-refractivity contribution in [3.05, 3.63) is 0 Å². The first kappa shape index (κ1) is 13.8. The molecule has 0 aliphatic heterocycles. The fraction of sp³-hybridized carbons (Fsp3) is 0.833. The first-order valence-corrected chi connectivity index (χ1v) is 6.43. The Balaban J connectivity index is 2.56. The van der Waals surface area contributed by atoms with Crippen LogP contribution >= 0.6 is 0 Å². The molecule has 0 heterocycles. The Labute approximate surface area is 102 Å². The van der Waals surface area contributed by atoms with Crippen molar-refractivity contribution in [1.82, 2.24) is 5.32 Å². The van der Waals surface area contributed by atoms with Crippen molar-refractivity contribution in [3.8, 4) is 0 Å². The van der Waals surface area contributed by atoms with Crippen LogP contribution in [0, 0.1) is 5.41 Å². The normalized spacial score (nSPS) is 19.2. The molecular weight excluding hydrogens is 218 g/mol. The van der Waals surface area contributed by atoms with E-state index in [4.69, 9.17) is 10.9 Å². The van der Waals surface area contributed by atoms with Gasteiger partial charge in [0.1, 0.15) is 5.41 Å². The zero-order valence-electron chi connectivity index (χ0n) is 10.5. The summed E-state index contributed by atoms with van der Waals surface area (Å²) in [6.45, 7) is 2.80. The number of hydrogen-bond donors (Lipinski definition) is 3. The molecule has 5 heteroatoms. The van der Waals surface area contributed by atoms with Crippen LogP contribution in [-0.4, -0.2) is 23.5 Å². The Morgan fingerprint density at radius 3 is 2.59 bits per heavy atom. The van der Waals surface area contributed by atoms with E-state index in [1.807, 2.05) is 0 Å². The van der Waals surface area contributed by atoms with Crippen LogP contribution in [-0.2, 0) is 4.79 Å². The van der Waals surface area contributed by atoms with E-state index in [1.165, 1.54) is 0 Å². The van der Waals surface area contributed by atoms with Crippen LogP contribution in [0.2, 0.25) is 0 Å². The summed E-state index contributed by atoms with van der Waals surface area (Å²) < 4.78 is 0. The van der Waals surface area contributed by atoms with E-state index >= 15 is 0 Å². The lowest BCUT2D eigenvalue weighted by Crippen LogP contribution is -2.48. The van der Waals surface area contributed by atoms with Crippen LogP contribution in [0.15, 0.2) is 5.16 Å². The minimum absolute atomic E-state index is 0.0583. The molecule has 0 radical (unpaired) electrons. The number of hydrogen-bond acceptors (Lipinski definition) is 3. The number of amidine groups is 1. The quantitative estimate of drug-likeness (QED) is 0.217. The van der Waals surface area contributed by atoms with E-state index in [1.54, 1.807) is 0 Å². The van der Waals surface area contributed by atoms with Crippen molar-refractivity contribution >= 4 is 11.7 Å². The number of nitrogens with zero attached hydrogens (tertiary/aromatic N) is 1. The summed E-state index contributed by atoms with van der Waals surface area (Å²) in [7, 11) is 0. The Hall–Kier alpha value is -1.26. The minimum Gasteiger partial charge on any atom is -0.409 e. The molecule has 0 aromatic carbocycles. The highest BCUT2D eigenvalue weighted by Crippen LogP contribution is 2.38. The van der Waals surface area contributed by atoms with E-state index in [0.717, 1.165) is 32.1 Å². The molecule has 0 spiro atoms. The van der Waals surface area contributed by atoms with Crippen LogP contribution in [0.5, 0.6) is 0 Å². The molecule has 4 N–H and O–H groups in total. The van der Waals surface area contributed by atoms with Crippen LogP contribution < -0.4 is 11.1 Å². The largest absolute Gasteiger partial charge is 0.409 e. The summed E-state index contributed by atoms with van der Waals surface area (Å²) in [5.41, 5.74) is 4.92. The average Bonchev–Trinajstić information content (AvgIpc) is 2.84. The van der Waals surface area contributed by atoms with E-state index in [-0.39, 0.29) is 11.7 Å². The molecule has 5 nitrogen and oxygen atoms in total. The lowest BCUT2D eigenvalue weighted by Gasteiger charge is -2.25. The van der Waals surface area contributed by atoms with E-state index < -0.39 is 5.41 Å². The molecular formula is C12H23N3O2. The number of carbonyl (C=O) groups is 1. The number of rotatable bonds is 6. The fourth-order valence-electron chi connectivity index (χ4n) is 2.42. The second kappa shape index (κ2) is 6.47. The first-order chi connectivity index (χ1) is 8.17. The Bertz CT molecular complexity index is 283. The molecule has 0 atom stereocenters. The maximum atomic E-state index is 12.1. The molecule has 0 aromatic rings. The van der Waals surface area contributed by atoms with E-state index in [9.17, 15) is 4.79 Å². The highest BCUT2D eigenvalue weighted by molar-refractivity contribution is 6.07. The monoisotopic (exact) mass is 241 g/mol. The molecule has 0 aromatic heterocycles. The van der Waals surface area contributed by atoms with Crippen LogP contribution in [0.3, 0.4) is 0 Å². The van der Waals surface area contributed by atoms with Crippen molar-refractivity contribution in [2.45, 2.75) is 51.9 Å². The van der Waals surface area contributed by atoms with Crippen molar-refractivity contribution < 1.29 is 10.0 Å². The Kier molecular flexibility index (Phi) is 5.25. The van der Waals surface area contributed by atoms with Gasteiger partial charge in [0.15, 0.2) is 5.84 Å². The highest BCUT2D eigenvalue weighted by Gasteiger charge is 2.45. The van der Waals surface area contributed by atoms with Gasteiger partial charge >= 0.3 is 0 Å². The molecule has 1 aliphatic carbocycles. The third-order valence-corrected chi connectivity index (χ3v) is 3.56. The maximum absolute atomic E-state index is 12.1. The molecule has 1 fully saturated rings. The fourth-order valence-corrected chi connectivity index (χ4v) is 2.42. The van der Waals surface area contributed by atoms with Gasteiger partial charge in [-0.25, -0.2) is 0 Å². The molecule has 1 rings (SSSR count). The van der Waals surface area contributed by atoms with Crippen LogP contribution in [0.25, 0.3) is 0 Å². The molecule has 0 bridgehead atoms. The molecule has 0 saturated heterocycles. The smallest absolute Gasteiger partial charge is 0.233 e. The Morgan fingerprint density at radius 2 is 2.06 bits per heavy atom. The zero-order chi connectivity index (χ0) is 12.7. The number of nitrogens with two attached hydrogens (primary N) is 1. The van der Waals surface area contributed by atoms with Gasteiger partial charge in [-0.3, -0.25) is 4.79 Å². The minimum atomic E-state index is -0.763. The lowest BCUT2D eigenvalue weighted by atomic mass is 9.84. The maximum Gasteiger partial charge on any atom is 0.233 e. The molecule has 1 saturated carbocycles. The molecule has 98 valence electrons. The van der Waals surface area contributed by atoms with Crippen LogP contribution in [0.1, 0.15) is 51.9 Å². The second-order valence-corrected chi connectivity index (χ2v) is 4.74. The van der Waals surface area contributed by atoms with Gasteiger partial charge in [-0.15, -0.1) is 0 Å². The number of unbranched alkanes of at least 4 members (excludes halogenated alkanes) is 2. The molecule has 0 unspecified atom stereocenters. The standard InChI is InChI=1S/C12H23N3O2/c1-2-3-6-9-14-11(16)12(10(13)15-17)7-4-5-8-12/h17H,2-9H2,1H3,(H2,13,15)(H,14,16). The SMILES string of the molecule is CCCCCNC(=O)C1(C(N)=NO)CCCC1. The van der Waals surface area contributed by atoms with Crippen molar-refractivity contribution in [2.24, 2.45) is 16.3 Å². The summed E-state index contributed by atoms with van der Waals surface area (Å²) in [6.07, 6.45) is 6.49. The number of amides is 1. The molecule has 17 heavy (non-hydrogen) atoms. The third-order valence-electron chi connectivity index (χ3n) is 3.56. The predicted molar refractivity (Wildman–Crippen MR) is 66.8 cm³/mol. The number of oxime groups is 1. The van der Waals surface area contributed by atoms with E-state index in [2.05, 4.69) is 17.4 Å². The topological polar surface area (TPSA) is 87.7 Å². The average molecular weight is 241 g/mol. The van der Waals surface area contributed by atoms with Gasteiger partial charge in [0.25, 0.3) is 0 Å². The molecule has 1 aliphatic rings. The number of nitrogens with one attached hydrogen (secondary N) is 1. The van der Waals surface area contributed by atoms with Gasteiger partial charge < -0.3 is 16.3 Å². The van der Waals surface area contributed by atoms with Gasteiger partial charge in [0.05, 0.1) is 0 Å². The van der Waals surface area contributed by atoms with Gasteiger partial charge in [0, 0.05) is 6.54 Å². The third kappa shape index (κ3) is 3.11. The van der Waals surface area contributed by atoms with Gasteiger partial charge in [-0.1, -0.05) is 37.8 Å². The second-order valence-electron chi connectivity index (χ2n) is 4.74. The summed E-state index contributed by atoms with van der Waals surface area (Å²) in [6, 6.07) is 0. The highest BCUT2D eigenvalue weighted by atomic mass is 16.4. The zero-order valence-corrected chi connectivity index (χ0v) is 10.5. The van der Waals surface area contributed by atoms with Gasteiger partial charge in [0.2, 0.25) is 5.91 Å². The summed E-state index contributed by atoms with van der Waals surface area (Å²) >= 11 is 0. The lowest BCUT2D eigenvalue weighted by molar-refractivity contribution is -0.127. The summed E-state index contributed by atoms with van der Waals surface area (Å²) in [4.78, 5) is 12.1. The number of carbonyl (C=O) groups excluding carboxylic acids is 1. The van der Waals surface area contributed by atoms with Crippen molar-refractivity contribution in [2.75, 3.05) is 6.54 Å². The first-order valence-electron chi connectivity index (χ1n) is 6.43. The van der Waals surface area contributed by atoms with Crippen molar-refractivity contribution in [3.63, 3.8) is 0 Å². The predicted octanol–water partition coefficient (Wildman–Crippen LogP) is 1.60. The summed E-state index contributed by atoms with van der Waals surface area (Å²) in [5.74, 6) is -0.0237.